The SMILES string of the molecule is Cn1cc(-c2nccn3nc(Nc4ccc5c(c4)NC(=O)C5(F)F)nc23)cn1. The zero-order valence-corrected chi connectivity index (χ0v) is 14.4. The largest absolute Gasteiger partial charge is 0.352 e. The molecular formula is C17H12F2N8O. The van der Waals surface area contributed by atoms with E-state index in [1.54, 1.807) is 34.8 Å². The molecule has 0 aliphatic carbocycles. The fraction of sp³-hybridized carbons (Fsp3) is 0.118. The number of aromatic nitrogens is 6. The maximum Gasteiger partial charge on any atom is 0.352 e. The second-order valence-corrected chi connectivity index (χ2v) is 6.30. The molecule has 11 heteroatoms. The van der Waals surface area contributed by atoms with Gasteiger partial charge >= 0.3 is 5.92 Å². The topological polar surface area (TPSA) is 102 Å². The minimum Gasteiger partial charge on any atom is -0.323 e. The number of fused-ring (bicyclic) bond motifs is 2. The minimum absolute atomic E-state index is 0.0569. The Balaban J connectivity index is 1.50. The number of carbonyl (C=O) groups is 1. The molecule has 3 aromatic heterocycles. The maximum atomic E-state index is 13.8. The molecule has 4 heterocycles. The van der Waals surface area contributed by atoms with E-state index in [4.69, 9.17) is 0 Å². The Kier molecular flexibility index (Phi) is 3.23. The number of hydrogen-bond acceptors (Lipinski definition) is 6. The van der Waals surface area contributed by atoms with E-state index >= 15 is 0 Å². The number of amides is 1. The molecule has 0 atom stereocenters. The number of alkyl halides is 2. The molecule has 28 heavy (non-hydrogen) atoms. The van der Waals surface area contributed by atoms with Crippen molar-refractivity contribution >= 4 is 28.9 Å². The van der Waals surface area contributed by atoms with Gasteiger partial charge in [0.1, 0.15) is 5.69 Å². The maximum absolute atomic E-state index is 13.8. The van der Waals surface area contributed by atoms with Crippen LogP contribution >= 0.6 is 0 Å². The predicted molar refractivity (Wildman–Crippen MR) is 95.2 cm³/mol. The summed E-state index contributed by atoms with van der Waals surface area (Å²) in [4.78, 5) is 20.2. The van der Waals surface area contributed by atoms with Gasteiger partial charge in [-0.1, -0.05) is 0 Å². The van der Waals surface area contributed by atoms with E-state index in [2.05, 4.69) is 30.8 Å². The number of benzene rings is 1. The zero-order chi connectivity index (χ0) is 19.5. The summed E-state index contributed by atoms with van der Waals surface area (Å²) < 4.78 is 30.7. The quantitative estimate of drug-likeness (QED) is 0.564. The van der Waals surface area contributed by atoms with Crippen LogP contribution in [-0.2, 0) is 17.8 Å². The van der Waals surface area contributed by atoms with Crippen LogP contribution in [0.3, 0.4) is 0 Å². The Morgan fingerprint density at radius 3 is 2.93 bits per heavy atom. The van der Waals surface area contributed by atoms with Crippen LogP contribution in [0.2, 0.25) is 0 Å². The lowest BCUT2D eigenvalue weighted by Gasteiger charge is -2.07. The van der Waals surface area contributed by atoms with Crippen molar-refractivity contribution in [2.75, 3.05) is 10.6 Å². The van der Waals surface area contributed by atoms with E-state index in [1.807, 2.05) is 6.20 Å². The second-order valence-electron chi connectivity index (χ2n) is 6.30. The minimum atomic E-state index is -3.53. The van der Waals surface area contributed by atoms with Gasteiger partial charge < -0.3 is 10.6 Å². The molecule has 0 spiro atoms. The number of hydrogen-bond donors (Lipinski definition) is 2. The molecule has 0 bridgehead atoms. The molecule has 1 amide bonds. The summed E-state index contributed by atoms with van der Waals surface area (Å²) in [6.07, 6.45) is 6.73. The number of nitrogens with one attached hydrogen (secondary N) is 2. The highest BCUT2D eigenvalue weighted by Crippen LogP contribution is 2.41. The molecular weight excluding hydrogens is 370 g/mol. The lowest BCUT2D eigenvalue weighted by molar-refractivity contribution is -0.139. The van der Waals surface area contributed by atoms with Gasteiger partial charge in [-0.15, -0.1) is 5.10 Å². The van der Waals surface area contributed by atoms with Crippen molar-refractivity contribution in [2.24, 2.45) is 7.05 Å². The van der Waals surface area contributed by atoms with E-state index in [0.29, 0.717) is 17.0 Å². The molecule has 9 nitrogen and oxygen atoms in total. The Hall–Kier alpha value is -3.89. The average Bonchev–Trinajstić information content (AvgIpc) is 3.31. The Morgan fingerprint density at radius 1 is 1.29 bits per heavy atom. The molecule has 0 saturated heterocycles. The summed E-state index contributed by atoms with van der Waals surface area (Å²) in [5.41, 5.74) is 2.07. The lowest BCUT2D eigenvalue weighted by Crippen LogP contribution is -2.23. The second kappa shape index (κ2) is 5.55. The Morgan fingerprint density at radius 2 is 2.14 bits per heavy atom. The third-order valence-electron chi connectivity index (χ3n) is 4.38. The molecule has 5 rings (SSSR count). The molecule has 0 unspecified atom stereocenters. The number of rotatable bonds is 3. The van der Waals surface area contributed by atoms with Crippen LogP contribution in [0.25, 0.3) is 16.9 Å². The summed E-state index contributed by atoms with van der Waals surface area (Å²) in [6.45, 7) is 0. The van der Waals surface area contributed by atoms with Gasteiger partial charge in [-0.25, -0.2) is 4.52 Å². The molecule has 1 aromatic carbocycles. The van der Waals surface area contributed by atoms with Gasteiger partial charge in [-0.05, 0) is 18.2 Å². The highest BCUT2D eigenvalue weighted by molar-refractivity contribution is 6.04. The zero-order valence-electron chi connectivity index (χ0n) is 14.4. The molecule has 0 saturated carbocycles. The third kappa shape index (κ3) is 2.40. The van der Waals surface area contributed by atoms with Crippen molar-refractivity contribution in [3.63, 3.8) is 0 Å². The highest BCUT2D eigenvalue weighted by atomic mass is 19.3. The van der Waals surface area contributed by atoms with E-state index in [-0.39, 0.29) is 17.2 Å². The van der Waals surface area contributed by atoms with Crippen LogP contribution < -0.4 is 10.6 Å². The molecule has 140 valence electrons. The molecule has 0 radical (unpaired) electrons. The van der Waals surface area contributed by atoms with Crippen LogP contribution in [-0.4, -0.2) is 35.3 Å². The van der Waals surface area contributed by atoms with Crippen molar-refractivity contribution in [1.29, 1.82) is 0 Å². The first kappa shape index (κ1) is 16.3. The first-order valence-electron chi connectivity index (χ1n) is 8.23. The number of aryl methyl sites for hydroxylation is 1. The van der Waals surface area contributed by atoms with E-state index in [9.17, 15) is 13.6 Å². The lowest BCUT2D eigenvalue weighted by atomic mass is 10.1. The van der Waals surface area contributed by atoms with E-state index < -0.39 is 11.8 Å². The predicted octanol–water partition coefficient (Wildman–Crippen LogP) is 2.31. The highest BCUT2D eigenvalue weighted by Gasteiger charge is 2.48. The fourth-order valence-electron chi connectivity index (χ4n) is 3.07. The summed E-state index contributed by atoms with van der Waals surface area (Å²) in [7, 11) is 1.80. The Labute approximate surface area is 156 Å². The molecule has 1 aliphatic rings. The first-order valence-corrected chi connectivity index (χ1v) is 8.23. The van der Waals surface area contributed by atoms with Crippen LogP contribution in [0.4, 0.5) is 26.1 Å². The van der Waals surface area contributed by atoms with Gasteiger partial charge in [0.25, 0.3) is 5.91 Å². The smallest absolute Gasteiger partial charge is 0.323 e. The standard InChI is InChI=1S/C17H12F2N8O/c1-26-8-9(7-21-26)13-14-24-16(25-27(14)5-4-20-13)22-10-2-3-11-12(6-10)23-15(28)17(11,18)19/h2-8H,1H3,(H,22,25)(H,23,28). The fourth-order valence-corrected chi connectivity index (χ4v) is 3.07. The third-order valence-corrected chi connectivity index (χ3v) is 4.38. The summed E-state index contributed by atoms with van der Waals surface area (Å²) >= 11 is 0. The Bertz CT molecular complexity index is 1250. The number of carbonyl (C=O) groups excluding carboxylic acids is 1. The number of nitrogens with zero attached hydrogens (tertiary/aromatic N) is 6. The van der Waals surface area contributed by atoms with Gasteiger partial charge in [0, 0.05) is 36.9 Å². The van der Waals surface area contributed by atoms with Crippen molar-refractivity contribution in [3.8, 4) is 11.3 Å². The number of anilines is 3. The van der Waals surface area contributed by atoms with Gasteiger partial charge in [0.2, 0.25) is 5.95 Å². The summed E-state index contributed by atoms with van der Waals surface area (Å²) in [6, 6.07) is 4.06. The van der Waals surface area contributed by atoms with Crippen molar-refractivity contribution in [1.82, 2.24) is 29.4 Å². The van der Waals surface area contributed by atoms with Gasteiger partial charge in [0.15, 0.2) is 5.65 Å². The first-order chi connectivity index (χ1) is 13.4. The normalized spacial score (nSPS) is 14.9. The van der Waals surface area contributed by atoms with Gasteiger partial charge in [0.05, 0.1) is 17.4 Å². The monoisotopic (exact) mass is 382 g/mol. The molecule has 0 fully saturated rings. The van der Waals surface area contributed by atoms with Crippen molar-refractivity contribution < 1.29 is 13.6 Å². The van der Waals surface area contributed by atoms with Crippen LogP contribution in [0.1, 0.15) is 5.56 Å². The average molecular weight is 382 g/mol. The van der Waals surface area contributed by atoms with E-state index in [1.165, 1.54) is 18.2 Å². The van der Waals surface area contributed by atoms with Crippen LogP contribution in [0.15, 0.2) is 43.0 Å². The van der Waals surface area contributed by atoms with Gasteiger partial charge in [-0.3, -0.25) is 14.5 Å². The van der Waals surface area contributed by atoms with Crippen molar-refractivity contribution in [3.05, 3.63) is 48.5 Å². The van der Waals surface area contributed by atoms with E-state index in [0.717, 1.165) is 5.56 Å². The van der Waals surface area contributed by atoms with Crippen LogP contribution in [0.5, 0.6) is 0 Å². The number of halogens is 2. The molecule has 2 N–H and O–H groups in total. The van der Waals surface area contributed by atoms with Gasteiger partial charge in [-0.2, -0.15) is 18.9 Å². The summed E-state index contributed by atoms with van der Waals surface area (Å²) in [5.74, 6) is -4.61. The summed E-state index contributed by atoms with van der Waals surface area (Å²) in [5, 5.41) is 13.6. The molecule has 4 aromatic rings. The molecule has 1 aliphatic heterocycles. The van der Waals surface area contributed by atoms with Crippen molar-refractivity contribution in [2.45, 2.75) is 5.92 Å². The van der Waals surface area contributed by atoms with Crippen LogP contribution in [0, 0.1) is 0 Å².